The lowest BCUT2D eigenvalue weighted by Crippen LogP contribution is -2.45. The SMILES string of the molecule is O=C(N[C@H]1CCCNC1)c1c(F)cccc1Br. The van der Waals surface area contributed by atoms with Gasteiger partial charge >= 0.3 is 0 Å². The molecule has 1 aliphatic heterocycles. The molecule has 92 valence electrons. The Hall–Kier alpha value is -0.940. The van der Waals surface area contributed by atoms with E-state index in [9.17, 15) is 9.18 Å². The highest BCUT2D eigenvalue weighted by Gasteiger charge is 2.20. The number of amides is 1. The van der Waals surface area contributed by atoms with Crippen molar-refractivity contribution >= 4 is 21.8 Å². The van der Waals surface area contributed by atoms with Crippen LogP contribution >= 0.6 is 15.9 Å². The average molecular weight is 301 g/mol. The van der Waals surface area contributed by atoms with Crippen molar-refractivity contribution in [2.24, 2.45) is 0 Å². The Bertz CT molecular complexity index is 399. The van der Waals surface area contributed by atoms with E-state index in [-0.39, 0.29) is 17.5 Å². The molecule has 1 aromatic rings. The van der Waals surface area contributed by atoms with Gasteiger partial charge in [-0.2, -0.15) is 0 Å². The zero-order valence-corrected chi connectivity index (χ0v) is 10.9. The van der Waals surface area contributed by atoms with Gasteiger partial charge in [-0.1, -0.05) is 6.07 Å². The lowest BCUT2D eigenvalue weighted by atomic mass is 10.1. The van der Waals surface area contributed by atoms with Crippen molar-refractivity contribution < 1.29 is 9.18 Å². The van der Waals surface area contributed by atoms with Crippen LogP contribution in [0.1, 0.15) is 23.2 Å². The van der Waals surface area contributed by atoms with E-state index in [1.54, 1.807) is 12.1 Å². The highest BCUT2D eigenvalue weighted by molar-refractivity contribution is 9.10. The molecule has 0 aliphatic carbocycles. The van der Waals surface area contributed by atoms with Crippen LogP contribution in [0.15, 0.2) is 22.7 Å². The Morgan fingerprint density at radius 3 is 3.00 bits per heavy atom. The van der Waals surface area contributed by atoms with E-state index in [1.165, 1.54) is 6.07 Å². The molecule has 3 nitrogen and oxygen atoms in total. The van der Waals surface area contributed by atoms with Crippen LogP contribution in [0.25, 0.3) is 0 Å². The van der Waals surface area contributed by atoms with Crippen molar-refractivity contribution in [1.29, 1.82) is 0 Å². The van der Waals surface area contributed by atoms with E-state index in [1.807, 2.05) is 0 Å². The van der Waals surface area contributed by atoms with Crippen LogP contribution < -0.4 is 10.6 Å². The van der Waals surface area contributed by atoms with Crippen molar-refractivity contribution in [3.63, 3.8) is 0 Å². The van der Waals surface area contributed by atoms with Gasteiger partial charge in [-0.3, -0.25) is 4.79 Å². The minimum atomic E-state index is -0.499. The summed E-state index contributed by atoms with van der Waals surface area (Å²) in [5, 5.41) is 6.05. The van der Waals surface area contributed by atoms with Crippen LogP contribution in [-0.4, -0.2) is 25.0 Å². The summed E-state index contributed by atoms with van der Waals surface area (Å²) < 4.78 is 14.0. The number of hydrogen-bond acceptors (Lipinski definition) is 2. The Kier molecular flexibility index (Phi) is 4.12. The van der Waals surface area contributed by atoms with Crippen LogP contribution in [-0.2, 0) is 0 Å². The van der Waals surface area contributed by atoms with E-state index in [2.05, 4.69) is 26.6 Å². The molecule has 5 heteroatoms. The maximum Gasteiger partial charge on any atom is 0.255 e. The van der Waals surface area contributed by atoms with Crippen molar-refractivity contribution in [2.45, 2.75) is 18.9 Å². The van der Waals surface area contributed by atoms with Crippen LogP contribution in [0.3, 0.4) is 0 Å². The Labute approximate surface area is 108 Å². The van der Waals surface area contributed by atoms with Gasteiger partial charge < -0.3 is 10.6 Å². The summed E-state index contributed by atoms with van der Waals surface area (Å²) in [6.07, 6.45) is 1.97. The molecule has 0 aromatic heterocycles. The maximum atomic E-state index is 13.5. The predicted octanol–water partition coefficient (Wildman–Crippen LogP) is 2.07. The summed E-state index contributed by atoms with van der Waals surface area (Å²) in [5.41, 5.74) is 0.0815. The smallest absolute Gasteiger partial charge is 0.255 e. The number of nitrogens with one attached hydrogen (secondary N) is 2. The summed E-state index contributed by atoms with van der Waals surface area (Å²) in [4.78, 5) is 11.9. The minimum Gasteiger partial charge on any atom is -0.348 e. The fourth-order valence-corrected chi connectivity index (χ4v) is 2.47. The van der Waals surface area contributed by atoms with E-state index in [0.717, 1.165) is 25.9 Å². The molecule has 1 heterocycles. The van der Waals surface area contributed by atoms with Gasteiger partial charge in [0, 0.05) is 17.1 Å². The van der Waals surface area contributed by atoms with Crippen molar-refractivity contribution in [2.75, 3.05) is 13.1 Å². The van der Waals surface area contributed by atoms with Crippen LogP contribution in [0, 0.1) is 5.82 Å². The fraction of sp³-hybridized carbons (Fsp3) is 0.417. The quantitative estimate of drug-likeness (QED) is 0.878. The second-order valence-corrected chi connectivity index (χ2v) is 4.97. The number of benzene rings is 1. The lowest BCUT2D eigenvalue weighted by molar-refractivity contribution is 0.0926. The average Bonchev–Trinajstić information content (AvgIpc) is 2.30. The molecule has 1 saturated heterocycles. The number of piperidine rings is 1. The summed E-state index contributed by atoms with van der Waals surface area (Å²) in [7, 11) is 0. The molecule has 1 aromatic carbocycles. The summed E-state index contributed by atoms with van der Waals surface area (Å²) in [6, 6.07) is 4.61. The third-order valence-electron chi connectivity index (χ3n) is 2.82. The van der Waals surface area contributed by atoms with Crippen LogP contribution in [0.5, 0.6) is 0 Å². The van der Waals surface area contributed by atoms with Crippen LogP contribution in [0.2, 0.25) is 0 Å². The first-order chi connectivity index (χ1) is 8.18. The number of hydrogen-bond donors (Lipinski definition) is 2. The van der Waals surface area contributed by atoms with Gasteiger partial charge in [-0.25, -0.2) is 4.39 Å². The van der Waals surface area contributed by atoms with Gasteiger partial charge in [0.1, 0.15) is 5.82 Å². The zero-order chi connectivity index (χ0) is 12.3. The molecule has 17 heavy (non-hydrogen) atoms. The van der Waals surface area contributed by atoms with Gasteiger partial charge in [0.2, 0.25) is 0 Å². The molecule has 2 rings (SSSR count). The molecule has 1 atom stereocenters. The van der Waals surface area contributed by atoms with Gasteiger partial charge in [0.15, 0.2) is 0 Å². The summed E-state index contributed by atoms with van der Waals surface area (Å²) >= 11 is 3.20. The molecular weight excluding hydrogens is 287 g/mol. The highest BCUT2D eigenvalue weighted by Crippen LogP contribution is 2.19. The van der Waals surface area contributed by atoms with Crippen molar-refractivity contribution in [3.05, 3.63) is 34.1 Å². The first-order valence-electron chi connectivity index (χ1n) is 5.64. The molecule has 0 saturated carbocycles. The number of carbonyl (C=O) groups excluding carboxylic acids is 1. The largest absolute Gasteiger partial charge is 0.348 e. The standard InChI is InChI=1S/C12H14BrFN2O/c13-9-4-1-5-10(14)11(9)12(17)16-8-3-2-6-15-7-8/h1,4-5,8,15H,2-3,6-7H2,(H,16,17)/t8-/m0/s1. The Balaban J connectivity index is 2.08. The monoisotopic (exact) mass is 300 g/mol. The second kappa shape index (κ2) is 5.60. The molecule has 0 radical (unpaired) electrons. The van der Waals surface area contributed by atoms with Crippen molar-refractivity contribution in [1.82, 2.24) is 10.6 Å². The molecule has 1 amide bonds. The highest BCUT2D eigenvalue weighted by atomic mass is 79.9. The van der Waals surface area contributed by atoms with E-state index in [4.69, 9.17) is 0 Å². The first kappa shape index (κ1) is 12.5. The van der Waals surface area contributed by atoms with Crippen molar-refractivity contribution in [3.8, 4) is 0 Å². The van der Waals surface area contributed by atoms with Gasteiger partial charge in [0.05, 0.1) is 5.56 Å². The number of carbonyl (C=O) groups is 1. The minimum absolute atomic E-state index is 0.0815. The van der Waals surface area contributed by atoms with E-state index < -0.39 is 5.82 Å². The van der Waals surface area contributed by atoms with Crippen LogP contribution in [0.4, 0.5) is 4.39 Å². The number of halogens is 2. The van der Waals surface area contributed by atoms with E-state index >= 15 is 0 Å². The van der Waals surface area contributed by atoms with E-state index in [0.29, 0.717) is 4.47 Å². The molecule has 0 bridgehead atoms. The fourth-order valence-electron chi connectivity index (χ4n) is 1.95. The third-order valence-corrected chi connectivity index (χ3v) is 3.48. The zero-order valence-electron chi connectivity index (χ0n) is 9.30. The third kappa shape index (κ3) is 3.04. The molecule has 0 unspecified atom stereocenters. The Morgan fingerprint density at radius 2 is 2.35 bits per heavy atom. The maximum absolute atomic E-state index is 13.5. The molecular formula is C12H14BrFN2O. The molecule has 2 N–H and O–H groups in total. The number of rotatable bonds is 2. The Morgan fingerprint density at radius 1 is 1.53 bits per heavy atom. The van der Waals surface area contributed by atoms with Gasteiger partial charge in [-0.15, -0.1) is 0 Å². The van der Waals surface area contributed by atoms with Gasteiger partial charge in [0.25, 0.3) is 5.91 Å². The summed E-state index contributed by atoms with van der Waals surface area (Å²) in [5.74, 6) is -0.857. The normalized spacial score (nSPS) is 20.0. The lowest BCUT2D eigenvalue weighted by Gasteiger charge is -2.24. The summed E-state index contributed by atoms with van der Waals surface area (Å²) in [6.45, 7) is 1.73. The molecule has 1 aliphatic rings. The molecule has 0 spiro atoms. The second-order valence-electron chi connectivity index (χ2n) is 4.11. The predicted molar refractivity (Wildman–Crippen MR) is 67.5 cm³/mol. The van der Waals surface area contributed by atoms with Gasteiger partial charge in [-0.05, 0) is 47.4 Å². The topological polar surface area (TPSA) is 41.1 Å². The first-order valence-corrected chi connectivity index (χ1v) is 6.43. The molecule has 1 fully saturated rings.